The molecule has 3 aromatic carbocycles. The number of benzene rings is 3. The number of thioether (sulfide) groups is 1. The van der Waals surface area contributed by atoms with Crippen LogP contribution in [0, 0.1) is 5.92 Å². The molecule has 0 radical (unpaired) electrons. The minimum Gasteiger partial charge on any atom is -0.273 e. The Labute approximate surface area is 208 Å². The third-order valence-electron chi connectivity index (χ3n) is 6.11. The maximum absolute atomic E-state index is 13.6. The van der Waals surface area contributed by atoms with Gasteiger partial charge < -0.3 is 0 Å². The Morgan fingerprint density at radius 3 is 2.03 bits per heavy atom. The molecule has 5 rings (SSSR count). The fourth-order valence-corrected chi connectivity index (χ4v) is 4.95. The smallest absolute Gasteiger partial charge is 0.273 e. The summed E-state index contributed by atoms with van der Waals surface area (Å²) >= 11 is 7.60. The fourth-order valence-electron chi connectivity index (χ4n) is 4.42. The van der Waals surface area contributed by atoms with E-state index in [0.29, 0.717) is 10.7 Å². The molecule has 2 aliphatic rings. The predicted octanol–water partition coefficient (Wildman–Crippen LogP) is 6.13. The Kier molecular flexibility index (Phi) is 6.03. The van der Waals surface area contributed by atoms with Gasteiger partial charge in [-0.2, -0.15) is 13.2 Å². The molecule has 0 N–H and O–H groups in total. The number of halogens is 4. The average molecular weight is 519 g/mol. The fraction of sp³-hybridized carbons (Fsp3) is 0.200. The number of amides is 2. The zero-order valence-corrected chi connectivity index (χ0v) is 19.8. The topological polar surface area (TPSA) is 49.9 Å². The molecule has 5 nitrogen and oxygen atoms in total. The molecule has 2 aliphatic heterocycles. The van der Waals surface area contributed by atoms with Crippen LogP contribution in [0.25, 0.3) is 0 Å². The molecule has 2 heterocycles. The number of carbonyl (C=O) groups is 2. The van der Waals surface area contributed by atoms with Crippen LogP contribution in [0.3, 0.4) is 0 Å². The van der Waals surface area contributed by atoms with Crippen LogP contribution in [0.5, 0.6) is 0 Å². The molecular formula is C25H18ClF3N2O3S. The lowest BCUT2D eigenvalue weighted by atomic mass is 9.90. The second-order valence-electron chi connectivity index (χ2n) is 8.13. The number of anilines is 2. The maximum atomic E-state index is 13.6. The van der Waals surface area contributed by atoms with Gasteiger partial charge in [0.25, 0.3) is 5.91 Å². The number of carbonyl (C=O) groups excluding carboxylic acids is 2. The van der Waals surface area contributed by atoms with E-state index in [9.17, 15) is 22.8 Å². The zero-order chi connectivity index (χ0) is 24.9. The van der Waals surface area contributed by atoms with Crippen LogP contribution < -0.4 is 9.96 Å². The first-order chi connectivity index (χ1) is 16.7. The highest BCUT2D eigenvalue weighted by Crippen LogP contribution is 2.48. The van der Waals surface area contributed by atoms with E-state index in [0.717, 1.165) is 39.6 Å². The van der Waals surface area contributed by atoms with Crippen molar-refractivity contribution in [3.05, 3.63) is 88.9 Å². The van der Waals surface area contributed by atoms with Crippen LogP contribution in [0.2, 0.25) is 5.02 Å². The third-order valence-corrected chi connectivity index (χ3v) is 7.10. The van der Waals surface area contributed by atoms with E-state index < -0.39 is 41.6 Å². The minimum absolute atomic E-state index is 0.0699. The van der Waals surface area contributed by atoms with Gasteiger partial charge in [-0.05, 0) is 72.5 Å². The SMILES string of the molecule is CSc1ccc([C@@H]2[C@@H]3C(=O)N(c4ccc(C(F)(F)F)cc4)C(=O)[C@H]3ON2c2ccc(Cl)cc2)cc1. The number of hydroxylamine groups is 1. The molecule has 0 bridgehead atoms. The van der Waals surface area contributed by atoms with Crippen molar-refractivity contribution in [3.8, 4) is 0 Å². The summed E-state index contributed by atoms with van der Waals surface area (Å²) in [5.74, 6) is -2.04. The molecule has 0 saturated carbocycles. The van der Waals surface area contributed by atoms with Gasteiger partial charge in [-0.3, -0.25) is 14.4 Å². The molecule has 180 valence electrons. The lowest BCUT2D eigenvalue weighted by Gasteiger charge is -2.29. The molecule has 3 aromatic rings. The van der Waals surface area contributed by atoms with Crippen LogP contribution in [-0.2, 0) is 20.6 Å². The van der Waals surface area contributed by atoms with Crippen LogP contribution in [0.4, 0.5) is 24.5 Å². The van der Waals surface area contributed by atoms with Crippen molar-refractivity contribution in [1.29, 1.82) is 0 Å². The number of alkyl halides is 3. The van der Waals surface area contributed by atoms with E-state index in [1.165, 1.54) is 0 Å². The molecule has 0 aliphatic carbocycles. The van der Waals surface area contributed by atoms with E-state index in [4.69, 9.17) is 16.4 Å². The number of imide groups is 1. The quantitative estimate of drug-likeness (QED) is 0.307. The van der Waals surface area contributed by atoms with Gasteiger partial charge in [-0.15, -0.1) is 11.8 Å². The molecule has 2 amide bonds. The number of fused-ring (bicyclic) bond motifs is 1. The van der Waals surface area contributed by atoms with Gasteiger partial charge in [0.1, 0.15) is 5.92 Å². The molecule has 2 saturated heterocycles. The Balaban J connectivity index is 1.53. The normalized spacial score (nSPS) is 22.1. The molecule has 35 heavy (non-hydrogen) atoms. The van der Waals surface area contributed by atoms with Gasteiger partial charge in [-0.1, -0.05) is 23.7 Å². The van der Waals surface area contributed by atoms with Gasteiger partial charge in [0, 0.05) is 9.92 Å². The monoisotopic (exact) mass is 518 g/mol. The first-order valence-corrected chi connectivity index (χ1v) is 12.2. The predicted molar refractivity (Wildman–Crippen MR) is 127 cm³/mol. The van der Waals surface area contributed by atoms with Crippen molar-refractivity contribution in [2.75, 3.05) is 16.2 Å². The summed E-state index contributed by atoms with van der Waals surface area (Å²) in [5, 5.41) is 2.06. The third kappa shape index (κ3) is 4.17. The first kappa shape index (κ1) is 23.7. The van der Waals surface area contributed by atoms with Crippen molar-refractivity contribution < 1.29 is 27.6 Å². The summed E-state index contributed by atoms with van der Waals surface area (Å²) in [5.41, 5.74) is 0.586. The van der Waals surface area contributed by atoms with Crippen LogP contribution in [-0.4, -0.2) is 24.2 Å². The summed E-state index contributed by atoms with van der Waals surface area (Å²) in [7, 11) is 0. The van der Waals surface area contributed by atoms with Crippen molar-refractivity contribution in [2.45, 2.75) is 23.2 Å². The number of rotatable bonds is 4. The highest BCUT2D eigenvalue weighted by atomic mass is 35.5. The van der Waals surface area contributed by atoms with E-state index in [1.54, 1.807) is 41.1 Å². The maximum Gasteiger partial charge on any atom is 0.416 e. The van der Waals surface area contributed by atoms with E-state index >= 15 is 0 Å². The summed E-state index contributed by atoms with van der Waals surface area (Å²) in [6, 6.07) is 17.7. The Bertz CT molecular complexity index is 1270. The van der Waals surface area contributed by atoms with Gasteiger partial charge in [0.2, 0.25) is 5.91 Å². The highest BCUT2D eigenvalue weighted by molar-refractivity contribution is 7.98. The van der Waals surface area contributed by atoms with Gasteiger partial charge in [0.15, 0.2) is 6.10 Å². The van der Waals surface area contributed by atoms with Crippen molar-refractivity contribution in [1.82, 2.24) is 0 Å². The zero-order valence-electron chi connectivity index (χ0n) is 18.2. The average Bonchev–Trinajstić information content (AvgIpc) is 3.35. The lowest BCUT2D eigenvalue weighted by Crippen LogP contribution is -2.37. The molecule has 0 aromatic heterocycles. The summed E-state index contributed by atoms with van der Waals surface area (Å²) in [6.07, 6.45) is -3.69. The molecule has 2 fully saturated rings. The Morgan fingerprint density at radius 2 is 1.46 bits per heavy atom. The summed E-state index contributed by atoms with van der Waals surface area (Å²) in [4.78, 5) is 34.8. The first-order valence-electron chi connectivity index (χ1n) is 10.6. The molecule has 3 atom stereocenters. The standard InChI is InChI=1S/C25H18ClF3N2O3S/c1-35-19-12-2-14(3-13-19)21-20-22(34-31(21)18-10-6-16(26)7-11-18)24(33)30(23(20)32)17-8-4-15(5-9-17)25(27,28)29/h2-13,20-22H,1H3/t20-,21+,22-/m0/s1. The highest BCUT2D eigenvalue weighted by Gasteiger charge is 2.60. The Morgan fingerprint density at radius 1 is 0.857 bits per heavy atom. The summed E-state index contributed by atoms with van der Waals surface area (Å²) < 4.78 is 38.9. The van der Waals surface area contributed by atoms with Crippen molar-refractivity contribution in [2.24, 2.45) is 5.92 Å². The summed E-state index contributed by atoms with van der Waals surface area (Å²) in [6.45, 7) is 0. The van der Waals surface area contributed by atoms with Gasteiger partial charge in [-0.25, -0.2) is 9.96 Å². The number of hydrogen-bond acceptors (Lipinski definition) is 5. The second-order valence-corrected chi connectivity index (χ2v) is 9.44. The van der Waals surface area contributed by atoms with Crippen LogP contribution in [0.1, 0.15) is 17.2 Å². The Hall–Kier alpha value is -3.01. The van der Waals surface area contributed by atoms with Crippen LogP contribution in [0.15, 0.2) is 77.7 Å². The molecule has 0 spiro atoms. The molecular weight excluding hydrogens is 501 g/mol. The van der Waals surface area contributed by atoms with E-state index in [-0.39, 0.29) is 5.69 Å². The van der Waals surface area contributed by atoms with E-state index in [2.05, 4.69) is 0 Å². The van der Waals surface area contributed by atoms with Crippen LogP contribution >= 0.6 is 23.4 Å². The molecule has 0 unspecified atom stereocenters. The van der Waals surface area contributed by atoms with Gasteiger partial charge in [0.05, 0.1) is 23.0 Å². The number of hydrogen-bond donors (Lipinski definition) is 0. The lowest BCUT2D eigenvalue weighted by molar-refractivity contribution is -0.137. The van der Waals surface area contributed by atoms with Crippen molar-refractivity contribution >= 4 is 46.6 Å². The van der Waals surface area contributed by atoms with Gasteiger partial charge >= 0.3 is 6.18 Å². The number of nitrogens with zero attached hydrogens (tertiary/aromatic N) is 2. The largest absolute Gasteiger partial charge is 0.416 e. The molecule has 10 heteroatoms. The van der Waals surface area contributed by atoms with Crippen molar-refractivity contribution in [3.63, 3.8) is 0 Å². The minimum atomic E-state index is -4.52. The van der Waals surface area contributed by atoms with E-state index in [1.807, 2.05) is 30.5 Å². The second kappa shape index (κ2) is 8.89.